The van der Waals surface area contributed by atoms with Crippen LogP contribution in [0.25, 0.3) is 0 Å². The Labute approximate surface area is 129 Å². The van der Waals surface area contributed by atoms with Crippen LogP contribution in [-0.2, 0) is 17.1 Å². The minimum absolute atomic E-state index is 0.0951. The van der Waals surface area contributed by atoms with Crippen LogP contribution < -0.4 is 4.72 Å². The predicted molar refractivity (Wildman–Crippen MR) is 79.9 cm³/mol. The van der Waals surface area contributed by atoms with E-state index in [-0.39, 0.29) is 10.5 Å². The summed E-state index contributed by atoms with van der Waals surface area (Å²) in [5, 5.41) is 12.9. The Morgan fingerprint density at radius 1 is 1.43 bits per heavy atom. The normalized spacial score (nSPS) is 11.4. The first-order chi connectivity index (χ1) is 9.70. The molecule has 9 heteroatoms. The number of benzene rings is 1. The van der Waals surface area contributed by atoms with Gasteiger partial charge < -0.3 is 5.11 Å². The summed E-state index contributed by atoms with van der Waals surface area (Å²) < 4.78 is 28.9. The Bertz CT molecular complexity index is 814. The average Bonchev–Trinajstić information content (AvgIpc) is 2.76. The lowest BCUT2D eigenvalue weighted by molar-refractivity contribution is 0.0696. The number of aryl methyl sites for hydroxylation is 2. The Morgan fingerprint density at radius 3 is 2.62 bits per heavy atom. The molecule has 0 aliphatic heterocycles. The lowest BCUT2D eigenvalue weighted by atomic mass is 10.1. The predicted octanol–water partition coefficient (Wildman–Crippen LogP) is 1.99. The van der Waals surface area contributed by atoms with Gasteiger partial charge in [0.2, 0.25) is 0 Å². The number of aromatic nitrogens is 2. The van der Waals surface area contributed by atoms with E-state index in [4.69, 9.17) is 5.11 Å². The number of anilines is 1. The number of halogens is 1. The van der Waals surface area contributed by atoms with E-state index in [2.05, 4.69) is 25.8 Å². The van der Waals surface area contributed by atoms with Gasteiger partial charge in [0.15, 0.2) is 0 Å². The summed E-state index contributed by atoms with van der Waals surface area (Å²) in [5.74, 6) is -1.19. The van der Waals surface area contributed by atoms with Gasteiger partial charge in [-0.2, -0.15) is 5.10 Å². The smallest absolute Gasteiger partial charge is 0.335 e. The maximum Gasteiger partial charge on any atom is 0.335 e. The van der Waals surface area contributed by atoms with Crippen LogP contribution in [0.3, 0.4) is 0 Å². The number of hydrogen-bond acceptors (Lipinski definition) is 4. The van der Waals surface area contributed by atoms with E-state index in [1.54, 1.807) is 14.0 Å². The molecule has 0 spiro atoms. The van der Waals surface area contributed by atoms with Gasteiger partial charge in [0.05, 0.1) is 17.4 Å². The van der Waals surface area contributed by atoms with Crippen molar-refractivity contribution in [2.24, 2.45) is 7.05 Å². The van der Waals surface area contributed by atoms with E-state index >= 15 is 0 Å². The minimum Gasteiger partial charge on any atom is -0.478 e. The van der Waals surface area contributed by atoms with Gasteiger partial charge in [-0.1, -0.05) is 0 Å². The monoisotopic (exact) mass is 373 g/mol. The summed E-state index contributed by atoms with van der Waals surface area (Å²) in [5.41, 5.74) is 0.714. The van der Waals surface area contributed by atoms with Crippen molar-refractivity contribution in [3.05, 3.63) is 40.1 Å². The largest absolute Gasteiger partial charge is 0.478 e. The fourth-order valence-electron chi connectivity index (χ4n) is 1.74. The molecule has 2 aromatic rings. The van der Waals surface area contributed by atoms with Crippen molar-refractivity contribution in [2.75, 3.05) is 4.72 Å². The second-order valence-electron chi connectivity index (χ2n) is 4.42. The first-order valence-corrected chi connectivity index (χ1v) is 8.03. The van der Waals surface area contributed by atoms with Crippen LogP contribution in [0, 0.1) is 6.92 Å². The average molecular weight is 374 g/mol. The van der Waals surface area contributed by atoms with E-state index in [1.165, 1.54) is 23.1 Å². The van der Waals surface area contributed by atoms with Gasteiger partial charge in [-0.15, -0.1) is 0 Å². The topological polar surface area (TPSA) is 101 Å². The number of nitrogens with one attached hydrogen (secondary N) is 1. The molecule has 0 amide bonds. The van der Waals surface area contributed by atoms with E-state index in [9.17, 15) is 13.2 Å². The zero-order chi connectivity index (χ0) is 15.8. The lowest BCUT2D eigenvalue weighted by Gasteiger charge is -2.11. The molecule has 7 nitrogen and oxygen atoms in total. The molecule has 0 aliphatic carbocycles. The third kappa shape index (κ3) is 3.24. The van der Waals surface area contributed by atoms with Crippen molar-refractivity contribution in [3.63, 3.8) is 0 Å². The highest BCUT2D eigenvalue weighted by molar-refractivity contribution is 9.10. The van der Waals surface area contributed by atoms with Gasteiger partial charge in [-0.3, -0.25) is 9.40 Å². The highest BCUT2D eigenvalue weighted by atomic mass is 79.9. The molecule has 21 heavy (non-hydrogen) atoms. The van der Waals surface area contributed by atoms with Crippen LogP contribution in [0.4, 0.5) is 5.69 Å². The zero-order valence-electron chi connectivity index (χ0n) is 11.2. The summed E-state index contributed by atoms with van der Waals surface area (Å²) >= 11 is 3.18. The molecular formula is C12H12BrN3O4S. The fraction of sp³-hybridized carbons (Fsp3) is 0.167. The van der Waals surface area contributed by atoms with Crippen molar-refractivity contribution >= 4 is 37.6 Å². The molecule has 1 heterocycles. The molecule has 2 rings (SSSR count). The maximum absolute atomic E-state index is 12.4. The van der Waals surface area contributed by atoms with Crippen molar-refractivity contribution in [2.45, 2.75) is 11.8 Å². The Morgan fingerprint density at radius 2 is 2.10 bits per heavy atom. The maximum atomic E-state index is 12.4. The minimum atomic E-state index is -3.92. The van der Waals surface area contributed by atoms with E-state index in [0.29, 0.717) is 15.7 Å². The number of aromatic carboxylic acids is 1. The third-order valence-electron chi connectivity index (χ3n) is 2.71. The lowest BCUT2D eigenvalue weighted by Crippen LogP contribution is -2.15. The second-order valence-corrected chi connectivity index (χ2v) is 6.86. The number of rotatable bonds is 4. The number of carbonyl (C=O) groups is 1. The molecule has 0 aliphatic rings. The van der Waals surface area contributed by atoms with Crippen molar-refractivity contribution in [3.8, 4) is 0 Å². The number of hydrogen-bond donors (Lipinski definition) is 2. The molecular weight excluding hydrogens is 362 g/mol. The standard InChI is InChI=1S/C12H12BrN3O4S/c1-7-3-8(12(17)18)4-10(11(7)13)21(19,20)15-9-5-14-16(2)6-9/h3-6,15H,1-2H3,(H,17,18). The van der Waals surface area contributed by atoms with E-state index in [0.717, 1.165) is 6.07 Å². The molecule has 2 N–H and O–H groups in total. The molecule has 0 saturated carbocycles. The van der Waals surface area contributed by atoms with E-state index < -0.39 is 16.0 Å². The first kappa shape index (κ1) is 15.5. The fourth-order valence-corrected chi connectivity index (χ4v) is 3.81. The van der Waals surface area contributed by atoms with Gasteiger partial charge in [0.1, 0.15) is 4.90 Å². The summed E-state index contributed by atoms with van der Waals surface area (Å²) in [6.07, 6.45) is 2.86. The zero-order valence-corrected chi connectivity index (χ0v) is 13.6. The number of nitrogens with zero attached hydrogens (tertiary/aromatic N) is 2. The molecule has 0 fully saturated rings. The molecule has 112 valence electrons. The van der Waals surface area contributed by atoms with Crippen molar-refractivity contribution in [1.29, 1.82) is 0 Å². The van der Waals surface area contributed by atoms with Crippen LogP contribution in [0.15, 0.2) is 33.9 Å². The molecule has 0 radical (unpaired) electrons. The van der Waals surface area contributed by atoms with Crippen molar-refractivity contribution in [1.82, 2.24) is 9.78 Å². The molecule has 0 atom stereocenters. The van der Waals surface area contributed by atoms with Crippen LogP contribution in [0.5, 0.6) is 0 Å². The highest BCUT2D eigenvalue weighted by Crippen LogP contribution is 2.28. The van der Waals surface area contributed by atoms with Crippen LogP contribution >= 0.6 is 15.9 Å². The molecule has 0 saturated heterocycles. The summed E-state index contributed by atoms with van der Waals surface area (Å²) in [7, 11) is -2.27. The van der Waals surface area contributed by atoms with Crippen molar-refractivity contribution < 1.29 is 18.3 Å². The number of carboxylic acids is 1. The Hall–Kier alpha value is -1.87. The number of carboxylic acid groups (broad SMARTS) is 1. The van der Waals surface area contributed by atoms with Gasteiger partial charge >= 0.3 is 5.97 Å². The summed E-state index contributed by atoms with van der Waals surface area (Å²) in [4.78, 5) is 10.9. The van der Waals surface area contributed by atoms with Gasteiger partial charge in [-0.25, -0.2) is 13.2 Å². The Balaban J connectivity index is 2.51. The van der Waals surface area contributed by atoms with Crippen LogP contribution in [-0.4, -0.2) is 29.3 Å². The Kier molecular flexibility index (Phi) is 4.06. The molecule has 1 aromatic carbocycles. The molecule has 0 bridgehead atoms. The highest BCUT2D eigenvalue weighted by Gasteiger charge is 2.22. The molecule has 1 aromatic heterocycles. The SMILES string of the molecule is Cc1cc(C(=O)O)cc(S(=O)(=O)Nc2cnn(C)c2)c1Br. The van der Waals surface area contributed by atoms with Crippen LogP contribution in [0.1, 0.15) is 15.9 Å². The molecule has 0 unspecified atom stereocenters. The number of sulfonamides is 1. The first-order valence-electron chi connectivity index (χ1n) is 5.75. The van der Waals surface area contributed by atoms with Crippen LogP contribution in [0.2, 0.25) is 0 Å². The summed E-state index contributed by atoms with van der Waals surface area (Å²) in [6.45, 7) is 1.62. The quantitative estimate of drug-likeness (QED) is 0.852. The van der Waals surface area contributed by atoms with Gasteiger partial charge in [-0.05, 0) is 40.5 Å². The van der Waals surface area contributed by atoms with Gasteiger partial charge in [0.25, 0.3) is 10.0 Å². The second kappa shape index (κ2) is 5.49. The third-order valence-corrected chi connectivity index (χ3v) is 5.44. The summed E-state index contributed by atoms with van der Waals surface area (Å²) in [6, 6.07) is 2.51. The van der Waals surface area contributed by atoms with E-state index in [1.807, 2.05) is 0 Å². The van der Waals surface area contributed by atoms with Gasteiger partial charge in [0, 0.05) is 17.7 Å².